The van der Waals surface area contributed by atoms with E-state index in [1.165, 1.54) is 12.1 Å². The fourth-order valence-corrected chi connectivity index (χ4v) is 1.95. The maximum absolute atomic E-state index is 13.4. The van der Waals surface area contributed by atoms with Gasteiger partial charge in [-0.2, -0.15) is 0 Å². The van der Waals surface area contributed by atoms with Crippen LogP contribution in [0.15, 0.2) is 18.2 Å². The number of amides is 1. The summed E-state index contributed by atoms with van der Waals surface area (Å²) < 4.78 is 13.4. The summed E-state index contributed by atoms with van der Waals surface area (Å²) in [5.41, 5.74) is -0.0340. The standard InChI is InChI=1S/C13H17BrFNO2/c14-7-3-1-2-4-8-16-13(18)11-6-5-10(17)9-12(11)15/h5-6,9,17H,1-4,7-8H2,(H,16,18). The van der Waals surface area contributed by atoms with Gasteiger partial charge in [-0.3, -0.25) is 4.79 Å². The van der Waals surface area contributed by atoms with Crippen LogP contribution in [0.3, 0.4) is 0 Å². The summed E-state index contributed by atoms with van der Waals surface area (Å²) >= 11 is 3.35. The van der Waals surface area contributed by atoms with Crippen LogP contribution in [0.2, 0.25) is 0 Å². The van der Waals surface area contributed by atoms with E-state index in [1.54, 1.807) is 0 Å². The first-order chi connectivity index (χ1) is 8.65. The van der Waals surface area contributed by atoms with Crippen LogP contribution in [0, 0.1) is 5.82 Å². The quantitative estimate of drug-likeness (QED) is 0.599. The highest BCUT2D eigenvalue weighted by Gasteiger charge is 2.11. The molecular weight excluding hydrogens is 301 g/mol. The first kappa shape index (κ1) is 15.0. The predicted molar refractivity (Wildman–Crippen MR) is 72.7 cm³/mol. The van der Waals surface area contributed by atoms with Gasteiger partial charge in [-0.25, -0.2) is 4.39 Å². The Hall–Kier alpha value is -1.10. The molecule has 5 heteroatoms. The maximum Gasteiger partial charge on any atom is 0.254 e. The summed E-state index contributed by atoms with van der Waals surface area (Å²) in [6, 6.07) is 3.52. The second-order valence-corrected chi connectivity index (χ2v) is 4.82. The van der Waals surface area contributed by atoms with Crippen LogP contribution in [-0.4, -0.2) is 22.9 Å². The molecule has 0 saturated heterocycles. The molecule has 100 valence electrons. The van der Waals surface area contributed by atoms with Crippen molar-refractivity contribution < 1.29 is 14.3 Å². The van der Waals surface area contributed by atoms with Gasteiger partial charge in [0.2, 0.25) is 0 Å². The lowest BCUT2D eigenvalue weighted by Gasteiger charge is -2.06. The van der Waals surface area contributed by atoms with Gasteiger partial charge in [-0.15, -0.1) is 0 Å². The summed E-state index contributed by atoms with van der Waals surface area (Å²) in [5, 5.41) is 12.7. The fraction of sp³-hybridized carbons (Fsp3) is 0.462. The number of alkyl halides is 1. The molecule has 1 aromatic carbocycles. The molecule has 2 N–H and O–H groups in total. The van der Waals surface area contributed by atoms with E-state index in [1.807, 2.05) is 0 Å². The molecule has 0 bridgehead atoms. The summed E-state index contributed by atoms with van der Waals surface area (Å²) in [4.78, 5) is 11.6. The minimum Gasteiger partial charge on any atom is -0.508 e. The average Bonchev–Trinajstić information content (AvgIpc) is 2.33. The zero-order chi connectivity index (χ0) is 13.4. The summed E-state index contributed by atoms with van der Waals surface area (Å²) in [6.07, 6.45) is 4.18. The van der Waals surface area contributed by atoms with E-state index < -0.39 is 11.7 Å². The molecule has 1 aromatic rings. The normalized spacial score (nSPS) is 10.3. The lowest BCUT2D eigenvalue weighted by atomic mass is 10.1. The van der Waals surface area contributed by atoms with Gasteiger partial charge in [0.1, 0.15) is 11.6 Å². The number of benzene rings is 1. The number of hydrogen-bond acceptors (Lipinski definition) is 2. The number of carbonyl (C=O) groups excluding carboxylic acids is 1. The van der Waals surface area contributed by atoms with Crippen LogP contribution in [0.4, 0.5) is 4.39 Å². The lowest BCUT2D eigenvalue weighted by Crippen LogP contribution is -2.25. The van der Waals surface area contributed by atoms with Gasteiger partial charge in [0.25, 0.3) is 5.91 Å². The van der Waals surface area contributed by atoms with E-state index in [4.69, 9.17) is 5.11 Å². The van der Waals surface area contributed by atoms with Crippen LogP contribution >= 0.6 is 15.9 Å². The Bertz CT molecular complexity index is 399. The van der Waals surface area contributed by atoms with Gasteiger partial charge < -0.3 is 10.4 Å². The monoisotopic (exact) mass is 317 g/mol. The zero-order valence-electron chi connectivity index (χ0n) is 10.1. The molecule has 0 saturated carbocycles. The molecule has 0 radical (unpaired) electrons. The van der Waals surface area contributed by atoms with E-state index >= 15 is 0 Å². The molecule has 0 atom stereocenters. The Morgan fingerprint density at radius 1 is 1.28 bits per heavy atom. The van der Waals surface area contributed by atoms with Crippen molar-refractivity contribution in [3.63, 3.8) is 0 Å². The Balaban J connectivity index is 2.32. The highest BCUT2D eigenvalue weighted by Crippen LogP contribution is 2.14. The topological polar surface area (TPSA) is 49.3 Å². The van der Waals surface area contributed by atoms with Crippen molar-refractivity contribution >= 4 is 21.8 Å². The number of rotatable bonds is 7. The van der Waals surface area contributed by atoms with Gasteiger partial charge in [-0.1, -0.05) is 28.8 Å². The Labute approximate surface area is 115 Å². The van der Waals surface area contributed by atoms with E-state index in [2.05, 4.69) is 21.2 Å². The Morgan fingerprint density at radius 2 is 2.00 bits per heavy atom. The van der Waals surface area contributed by atoms with Crippen LogP contribution < -0.4 is 5.32 Å². The van der Waals surface area contributed by atoms with Crippen LogP contribution in [0.1, 0.15) is 36.0 Å². The number of phenolic OH excluding ortho intramolecular Hbond substituents is 1. The molecule has 18 heavy (non-hydrogen) atoms. The van der Waals surface area contributed by atoms with Gasteiger partial charge in [0, 0.05) is 17.9 Å². The molecule has 0 fully saturated rings. The van der Waals surface area contributed by atoms with E-state index in [0.717, 1.165) is 37.1 Å². The van der Waals surface area contributed by atoms with Crippen molar-refractivity contribution in [3.05, 3.63) is 29.6 Å². The van der Waals surface area contributed by atoms with Crippen LogP contribution in [0.25, 0.3) is 0 Å². The second-order valence-electron chi connectivity index (χ2n) is 4.02. The molecule has 3 nitrogen and oxygen atoms in total. The molecule has 0 spiro atoms. The highest BCUT2D eigenvalue weighted by molar-refractivity contribution is 9.09. The molecule has 0 unspecified atom stereocenters. The van der Waals surface area contributed by atoms with Crippen LogP contribution in [-0.2, 0) is 0 Å². The van der Waals surface area contributed by atoms with E-state index in [0.29, 0.717) is 6.54 Å². The SMILES string of the molecule is O=C(NCCCCCCBr)c1ccc(O)cc1F. The van der Waals surface area contributed by atoms with Gasteiger partial charge in [0.05, 0.1) is 5.56 Å². The highest BCUT2D eigenvalue weighted by atomic mass is 79.9. The average molecular weight is 318 g/mol. The molecule has 1 rings (SSSR count). The van der Waals surface area contributed by atoms with Crippen molar-refractivity contribution in [1.29, 1.82) is 0 Å². The largest absolute Gasteiger partial charge is 0.508 e. The van der Waals surface area contributed by atoms with Crippen molar-refractivity contribution in [1.82, 2.24) is 5.32 Å². The molecule has 1 amide bonds. The van der Waals surface area contributed by atoms with Gasteiger partial charge >= 0.3 is 0 Å². The molecular formula is C13H17BrFNO2. The molecule has 0 aliphatic rings. The number of aromatic hydroxyl groups is 1. The van der Waals surface area contributed by atoms with Crippen molar-refractivity contribution in [3.8, 4) is 5.75 Å². The fourth-order valence-electron chi connectivity index (χ4n) is 1.56. The second kappa shape index (κ2) is 8.08. The molecule has 0 aromatic heterocycles. The third-order valence-electron chi connectivity index (χ3n) is 2.54. The maximum atomic E-state index is 13.4. The number of carbonyl (C=O) groups is 1. The minimum absolute atomic E-state index is 0.0340. The number of hydrogen-bond donors (Lipinski definition) is 2. The van der Waals surface area contributed by atoms with E-state index in [9.17, 15) is 9.18 Å². The number of nitrogens with one attached hydrogen (secondary N) is 1. The van der Waals surface area contributed by atoms with Crippen LogP contribution in [0.5, 0.6) is 5.75 Å². The van der Waals surface area contributed by atoms with Crippen molar-refractivity contribution in [2.45, 2.75) is 25.7 Å². The third-order valence-corrected chi connectivity index (χ3v) is 3.10. The smallest absolute Gasteiger partial charge is 0.254 e. The molecule has 0 aliphatic heterocycles. The van der Waals surface area contributed by atoms with Crippen molar-refractivity contribution in [2.24, 2.45) is 0 Å². The first-order valence-electron chi connectivity index (χ1n) is 5.98. The summed E-state index contributed by atoms with van der Waals surface area (Å²) in [7, 11) is 0. The minimum atomic E-state index is -0.702. The van der Waals surface area contributed by atoms with Crippen molar-refractivity contribution in [2.75, 3.05) is 11.9 Å². The zero-order valence-corrected chi connectivity index (χ0v) is 11.7. The third kappa shape index (κ3) is 5.04. The molecule has 0 aliphatic carbocycles. The van der Waals surface area contributed by atoms with Gasteiger partial charge in [-0.05, 0) is 25.0 Å². The number of phenols is 1. The predicted octanol–water partition coefficient (Wildman–Crippen LogP) is 3.22. The number of halogens is 2. The molecule has 0 heterocycles. The summed E-state index contributed by atoms with van der Waals surface area (Å²) in [5.74, 6) is -1.32. The summed E-state index contributed by atoms with van der Waals surface area (Å²) in [6.45, 7) is 0.543. The number of unbranched alkanes of at least 4 members (excludes halogenated alkanes) is 3. The van der Waals surface area contributed by atoms with E-state index in [-0.39, 0.29) is 11.3 Å². The lowest BCUT2D eigenvalue weighted by molar-refractivity contribution is 0.0949. The Morgan fingerprint density at radius 3 is 2.67 bits per heavy atom. The Kier molecular flexibility index (Phi) is 6.72. The van der Waals surface area contributed by atoms with Gasteiger partial charge in [0.15, 0.2) is 0 Å². The first-order valence-corrected chi connectivity index (χ1v) is 7.10.